The van der Waals surface area contributed by atoms with Crippen LogP contribution in [0, 0.1) is 13.8 Å². The Morgan fingerprint density at radius 1 is 1.40 bits per heavy atom. The van der Waals surface area contributed by atoms with E-state index in [4.69, 9.17) is 22.1 Å². The van der Waals surface area contributed by atoms with Crippen molar-refractivity contribution in [2.75, 3.05) is 17.7 Å². The minimum absolute atomic E-state index is 0.00227. The van der Waals surface area contributed by atoms with Crippen LogP contribution < -0.4 is 15.8 Å². The molecule has 1 aliphatic rings. The van der Waals surface area contributed by atoms with Gasteiger partial charge in [0.2, 0.25) is 0 Å². The monoisotopic (exact) mass is 226 g/mol. The Balaban J connectivity index is 2.70. The van der Waals surface area contributed by atoms with Gasteiger partial charge in [0, 0.05) is 0 Å². The minimum Gasteiger partial charge on any atom is -0.479 e. The summed E-state index contributed by atoms with van der Waals surface area (Å²) < 4.78 is 5.29. The van der Waals surface area contributed by atoms with Crippen LogP contribution in [0.1, 0.15) is 11.1 Å². The maximum atomic E-state index is 11.2. The number of fused-ring (bicyclic) bond motifs is 1. The maximum Gasteiger partial charge on any atom is 0.262 e. The van der Waals surface area contributed by atoms with E-state index in [9.17, 15) is 4.79 Å². The summed E-state index contributed by atoms with van der Waals surface area (Å²) in [5, 5.41) is 3.28. The fourth-order valence-corrected chi connectivity index (χ4v) is 1.79. The molecule has 0 atom stereocenters. The van der Waals surface area contributed by atoms with Gasteiger partial charge in [-0.2, -0.15) is 0 Å². The number of hydrogen-bond donors (Lipinski definition) is 2. The topological polar surface area (TPSA) is 64.3 Å². The Hall–Kier alpha value is -1.42. The van der Waals surface area contributed by atoms with Crippen LogP contribution in [0.4, 0.5) is 11.4 Å². The van der Waals surface area contributed by atoms with Crippen LogP contribution in [-0.2, 0) is 4.79 Å². The number of ether oxygens (including phenoxy) is 1. The van der Waals surface area contributed by atoms with E-state index in [0.29, 0.717) is 22.1 Å². The lowest BCUT2D eigenvalue weighted by Gasteiger charge is -2.23. The van der Waals surface area contributed by atoms with E-state index >= 15 is 0 Å². The van der Waals surface area contributed by atoms with E-state index in [2.05, 4.69) is 5.32 Å². The molecule has 80 valence electrons. The molecule has 0 aliphatic carbocycles. The van der Waals surface area contributed by atoms with E-state index in [1.807, 2.05) is 13.8 Å². The summed E-state index contributed by atoms with van der Waals surface area (Å²) in [6.45, 7) is 3.64. The summed E-state index contributed by atoms with van der Waals surface area (Å²) >= 11 is 6.08. The van der Waals surface area contributed by atoms with Crippen LogP contribution in [0.15, 0.2) is 0 Å². The van der Waals surface area contributed by atoms with E-state index in [1.54, 1.807) is 0 Å². The number of nitrogen functional groups attached to an aromatic ring is 1. The maximum absolute atomic E-state index is 11.2. The number of anilines is 2. The second-order valence-electron chi connectivity index (χ2n) is 3.52. The first kappa shape index (κ1) is 10.1. The van der Waals surface area contributed by atoms with Crippen molar-refractivity contribution in [3.63, 3.8) is 0 Å². The molecule has 0 fully saturated rings. The third kappa shape index (κ3) is 1.41. The number of halogens is 1. The molecule has 0 saturated heterocycles. The van der Waals surface area contributed by atoms with E-state index in [1.165, 1.54) is 0 Å². The molecule has 0 saturated carbocycles. The van der Waals surface area contributed by atoms with Gasteiger partial charge in [-0.05, 0) is 25.0 Å². The highest BCUT2D eigenvalue weighted by Gasteiger charge is 2.24. The normalized spacial score (nSPS) is 14.2. The molecule has 0 radical (unpaired) electrons. The van der Waals surface area contributed by atoms with Gasteiger partial charge in [0.15, 0.2) is 12.4 Å². The number of nitrogens with two attached hydrogens (primary N) is 1. The molecule has 3 N–H and O–H groups in total. The van der Waals surface area contributed by atoms with Gasteiger partial charge in [-0.1, -0.05) is 11.6 Å². The fraction of sp³-hybridized carbons (Fsp3) is 0.300. The van der Waals surface area contributed by atoms with Crippen LogP contribution >= 0.6 is 11.6 Å². The zero-order valence-electron chi connectivity index (χ0n) is 8.48. The summed E-state index contributed by atoms with van der Waals surface area (Å²) in [6, 6.07) is 0. The van der Waals surface area contributed by atoms with Crippen molar-refractivity contribution < 1.29 is 9.53 Å². The van der Waals surface area contributed by atoms with Crippen LogP contribution in [0.5, 0.6) is 5.75 Å². The summed E-state index contributed by atoms with van der Waals surface area (Å²) in [6.07, 6.45) is 0. The quantitative estimate of drug-likeness (QED) is 0.664. The van der Waals surface area contributed by atoms with Gasteiger partial charge in [-0.3, -0.25) is 4.79 Å². The smallest absolute Gasteiger partial charge is 0.262 e. The molecule has 1 aliphatic heterocycles. The summed E-state index contributed by atoms with van der Waals surface area (Å²) in [4.78, 5) is 11.2. The van der Waals surface area contributed by atoms with Gasteiger partial charge in [-0.25, -0.2) is 0 Å². The van der Waals surface area contributed by atoms with Gasteiger partial charge in [0.1, 0.15) is 0 Å². The molecular formula is C10H11ClN2O2. The first-order valence-corrected chi connectivity index (χ1v) is 4.91. The zero-order chi connectivity index (χ0) is 11.2. The largest absolute Gasteiger partial charge is 0.479 e. The second-order valence-corrected chi connectivity index (χ2v) is 3.90. The first-order chi connectivity index (χ1) is 7.02. The third-order valence-electron chi connectivity index (χ3n) is 2.52. The van der Waals surface area contributed by atoms with Gasteiger partial charge in [-0.15, -0.1) is 0 Å². The van der Waals surface area contributed by atoms with E-state index in [-0.39, 0.29) is 12.5 Å². The molecule has 0 spiro atoms. The van der Waals surface area contributed by atoms with Gasteiger partial charge >= 0.3 is 0 Å². The van der Waals surface area contributed by atoms with Crippen molar-refractivity contribution in [3.05, 3.63) is 16.1 Å². The standard InChI is InChI=1S/C10H11ClN2O2/c1-4-7(11)5(2)9-10(8(4)12)15-3-6(14)13-9/h3,12H2,1-2H3,(H,13,14). The molecule has 0 aromatic heterocycles. The molecule has 1 aromatic rings. The van der Waals surface area contributed by atoms with Crippen LogP contribution in [0.25, 0.3) is 0 Å². The lowest BCUT2D eigenvalue weighted by atomic mass is 10.1. The van der Waals surface area contributed by atoms with Crippen LogP contribution in [-0.4, -0.2) is 12.5 Å². The Morgan fingerprint density at radius 2 is 2.07 bits per heavy atom. The van der Waals surface area contributed by atoms with Crippen molar-refractivity contribution in [3.8, 4) is 5.75 Å². The molecule has 1 aromatic carbocycles. The second kappa shape index (κ2) is 3.31. The van der Waals surface area contributed by atoms with Gasteiger partial charge < -0.3 is 15.8 Å². The van der Waals surface area contributed by atoms with Crippen LogP contribution in [0.3, 0.4) is 0 Å². The summed E-state index contributed by atoms with van der Waals surface area (Å²) in [5.74, 6) is 0.332. The number of rotatable bonds is 0. The number of carbonyl (C=O) groups excluding carboxylic acids is 1. The lowest BCUT2D eigenvalue weighted by molar-refractivity contribution is -0.118. The predicted molar refractivity (Wildman–Crippen MR) is 59.5 cm³/mol. The molecule has 1 heterocycles. The lowest BCUT2D eigenvalue weighted by Crippen LogP contribution is -2.27. The molecule has 4 nitrogen and oxygen atoms in total. The molecule has 0 bridgehead atoms. The Morgan fingerprint density at radius 3 is 2.73 bits per heavy atom. The van der Waals surface area contributed by atoms with Crippen molar-refractivity contribution in [1.29, 1.82) is 0 Å². The number of carbonyl (C=O) groups is 1. The number of nitrogens with one attached hydrogen (secondary N) is 1. The molecule has 1 amide bonds. The highest BCUT2D eigenvalue weighted by molar-refractivity contribution is 6.33. The van der Waals surface area contributed by atoms with Crippen molar-refractivity contribution in [2.24, 2.45) is 0 Å². The molecule has 0 unspecified atom stereocenters. The number of hydrogen-bond acceptors (Lipinski definition) is 3. The average molecular weight is 227 g/mol. The number of benzene rings is 1. The minimum atomic E-state index is -0.190. The molecule has 5 heteroatoms. The number of amides is 1. The predicted octanol–water partition coefficient (Wildman–Crippen LogP) is 1.87. The Labute approximate surface area is 92.4 Å². The SMILES string of the molecule is Cc1c(N)c2c(c(C)c1Cl)NC(=O)CO2. The Kier molecular flexibility index (Phi) is 2.23. The van der Waals surface area contributed by atoms with Crippen molar-refractivity contribution >= 4 is 28.9 Å². The highest BCUT2D eigenvalue weighted by atomic mass is 35.5. The zero-order valence-corrected chi connectivity index (χ0v) is 9.23. The van der Waals surface area contributed by atoms with E-state index in [0.717, 1.165) is 11.1 Å². The average Bonchev–Trinajstić information content (AvgIpc) is 2.23. The summed E-state index contributed by atoms with van der Waals surface area (Å²) in [5.41, 5.74) is 8.49. The highest BCUT2D eigenvalue weighted by Crippen LogP contribution is 2.43. The molecule has 15 heavy (non-hydrogen) atoms. The molecular weight excluding hydrogens is 216 g/mol. The van der Waals surface area contributed by atoms with Crippen LogP contribution in [0.2, 0.25) is 5.02 Å². The third-order valence-corrected chi connectivity index (χ3v) is 3.09. The van der Waals surface area contributed by atoms with Gasteiger partial charge in [0.05, 0.1) is 16.4 Å². The fourth-order valence-electron chi connectivity index (χ4n) is 1.60. The molecule has 2 rings (SSSR count). The summed E-state index contributed by atoms with van der Waals surface area (Å²) in [7, 11) is 0. The van der Waals surface area contributed by atoms with Crippen molar-refractivity contribution in [2.45, 2.75) is 13.8 Å². The van der Waals surface area contributed by atoms with E-state index < -0.39 is 0 Å². The first-order valence-electron chi connectivity index (χ1n) is 4.53. The Bertz CT molecular complexity index is 457. The van der Waals surface area contributed by atoms with Crippen molar-refractivity contribution in [1.82, 2.24) is 0 Å². The van der Waals surface area contributed by atoms with Gasteiger partial charge in [0.25, 0.3) is 5.91 Å².